The third-order valence-electron chi connectivity index (χ3n) is 2.18. The summed E-state index contributed by atoms with van der Waals surface area (Å²) in [5, 5.41) is 16.7. The number of hydrogen-bond acceptors (Lipinski definition) is 4. The summed E-state index contributed by atoms with van der Waals surface area (Å²) in [5.74, 6) is 0. The zero-order valence-electron chi connectivity index (χ0n) is 8.06. The van der Waals surface area contributed by atoms with E-state index in [4.69, 9.17) is 10.8 Å². The van der Waals surface area contributed by atoms with E-state index in [0.29, 0.717) is 13.0 Å². The summed E-state index contributed by atoms with van der Waals surface area (Å²) in [6.45, 7) is 4.52. The van der Waals surface area contributed by atoms with Crippen LogP contribution >= 0.6 is 0 Å². The number of aliphatic hydroxyl groups excluding tert-OH is 1. The molecular formula is C8H16N4O. The van der Waals surface area contributed by atoms with Gasteiger partial charge in [0.2, 0.25) is 0 Å². The molecule has 0 aliphatic rings. The van der Waals surface area contributed by atoms with Gasteiger partial charge >= 0.3 is 0 Å². The molecule has 0 saturated heterocycles. The second kappa shape index (κ2) is 4.34. The Bertz CT molecular complexity index is 271. The van der Waals surface area contributed by atoms with Crippen LogP contribution in [0, 0.1) is 6.92 Å². The molecule has 1 atom stereocenters. The number of rotatable bonds is 4. The van der Waals surface area contributed by atoms with Crippen molar-refractivity contribution in [1.29, 1.82) is 0 Å². The quantitative estimate of drug-likeness (QED) is 0.690. The Kier molecular flexibility index (Phi) is 3.39. The van der Waals surface area contributed by atoms with Crippen LogP contribution in [0.5, 0.6) is 0 Å². The summed E-state index contributed by atoms with van der Waals surface area (Å²) >= 11 is 0. The molecule has 0 bridgehead atoms. The lowest BCUT2D eigenvalue weighted by Gasteiger charge is -2.11. The average Bonchev–Trinajstić information content (AvgIpc) is 2.47. The predicted molar refractivity (Wildman–Crippen MR) is 49.1 cm³/mol. The van der Waals surface area contributed by atoms with Gasteiger partial charge in [0.25, 0.3) is 0 Å². The highest BCUT2D eigenvalue weighted by Crippen LogP contribution is 2.13. The van der Waals surface area contributed by atoms with Gasteiger partial charge in [-0.3, -0.25) is 0 Å². The molecule has 0 fully saturated rings. The Morgan fingerprint density at radius 3 is 2.77 bits per heavy atom. The fourth-order valence-corrected chi connectivity index (χ4v) is 1.29. The highest BCUT2D eigenvalue weighted by atomic mass is 16.3. The second-order valence-corrected chi connectivity index (χ2v) is 3.13. The molecule has 0 radical (unpaired) electrons. The van der Waals surface area contributed by atoms with E-state index < -0.39 is 0 Å². The molecule has 1 rings (SSSR count). The average molecular weight is 184 g/mol. The van der Waals surface area contributed by atoms with E-state index in [0.717, 1.165) is 11.4 Å². The maximum atomic E-state index is 8.77. The number of nitrogens with two attached hydrogens (primary N) is 1. The lowest BCUT2D eigenvalue weighted by Crippen LogP contribution is -2.11. The first-order valence-electron chi connectivity index (χ1n) is 4.42. The molecular weight excluding hydrogens is 168 g/mol. The molecule has 13 heavy (non-hydrogen) atoms. The van der Waals surface area contributed by atoms with Crippen molar-refractivity contribution in [2.24, 2.45) is 5.73 Å². The molecule has 0 aliphatic heterocycles. The van der Waals surface area contributed by atoms with Crippen LogP contribution in [0.25, 0.3) is 0 Å². The van der Waals surface area contributed by atoms with E-state index in [1.165, 1.54) is 0 Å². The third-order valence-corrected chi connectivity index (χ3v) is 2.18. The molecule has 0 spiro atoms. The highest BCUT2D eigenvalue weighted by molar-refractivity contribution is 5.07. The van der Waals surface area contributed by atoms with Gasteiger partial charge < -0.3 is 10.8 Å². The molecule has 5 nitrogen and oxygen atoms in total. The molecule has 0 amide bonds. The van der Waals surface area contributed by atoms with Crippen LogP contribution in [-0.2, 0) is 6.54 Å². The Balaban J connectivity index is 2.82. The van der Waals surface area contributed by atoms with Crippen LogP contribution in [0.1, 0.15) is 30.8 Å². The molecule has 1 heterocycles. The van der Waals surface area contributed by atoms with Crippen molar-refractivity contribution in [3.8, 4) is 0 Å². The van der Waals surface area contributed by atoms with Crippen LogP contribution in [0.15, 0.2) is 0 Å². The van der Waals surface area contributed by atoms with Gasteiger partial charge in [-0.25, -0.2) is 4.68 Å². The van der Waals surface area contributed by atoms with Crippen molar-refractivity contribution >= 4 is 0 Å². The fraction of sp³-hybridized carbons (Fsp3) is 0.750. The van der Waals surface area contributed by atoms with Gasteiger partial charge in [-0.15, -0.1) is 5.10 Å². The van der Waals surface area contributed by atoms with Crippen molar-refractivity contribution in [1.82, 2.24) is 15.0 Å². The molecule has 3 N–H and O–H groups in total. The van der Waals surface area contributed by atoms with Crippen LogP contribution in [0.4, 0.5) is 0 Å². The molecule has 1 aromatic heterocycles. The fourth-order valence-electron chi connectivity index (χ4n) is 1.29. The van der Waals surface area contributed by atoms with E-state index >= 15 is 0 Å². The summed E-state index contributed by atoms with van der Waals surface area (Å²) in [6.07, 6.45) is 0.689. The van der Waals surface area contributed by atoms with Gasteiger partial charge in [0, 0.05) is 13.2 Å². The summed E-state index contributed by atoms with van der Waals surface area (Å²) in [4.78, 5) is 0. The Morgan fingerprint density at radius 1 is 1.62 bits per heavy atom. The Labute approximate surface area is 77.6 Å². The SMILES string of the molecule is Cc1c(CN)nnn1C(C)CCO. The van der Waals surface area contributed by atoms with Crippen LogP contribution in [0.2, 0.25) is 0 Å². The maximum Gasteiger partial charge on any atom is 0.0991 e. The van der Waals surface area contributed by atoms with Gasteiger partial charge in [-0.1, -0.05) is 5.21 Å². The van der Waals surface area contributed by atoms with Crippen molar-refractivity contribution in [3.63, 3.8) is 0 Å². The Hall–Kier alpha value is -0.940. The van der Waals surface area contributed by atoms with E-state index in [2.05, 4.69) is 10.3 Å². The normalized spacial score (nSPS) is 13.2. The van der Waals surface area contributed by atoms with Crippen molar-refractivity contribution in [3.05, 3.63) is 11.4 Å². The molecule has 5 heteroatoms. The standard InChI is InChI=1S/C8H16N4O/c1-6(3-4-13)12-7(2)8(5-9)10-11-12/h6,13H,3-5,9H2,1-2H3. The first kappa shape index (κ1) is 10.1. The van der Waals surface area contributed by atoms with Gasteiger partial charge in [0.1, 0.15) is 0 Å². The third kappa shape index (κ3) is 2.05. The van der Waals surface area contributed by atoms with Gasteiger partial charge in [0.05, 0.1) is 17.4 Å². The van der Waals surface area contributed by atoms with Gasteiger partial charge in [0.15, 0.2) is 0 Å². The van der Waals surface area contributed by atoms with Gasteiger partial charge in [-0.2, -0.15) is 0 Å². The Morgan fingerprint density at radius 2 is 2.31 bits per heavy atom. The topological polar surface area (TPSA) is 77.0 Å². The summed E-state index contributed by atoms with van der Waals surface area (Å²) in [6, 6.07) is 0.179. The van der Waals surface area contributed by atoms with Crippen molar-refractivity contribution in [2.75, 3.05) is 6.61 Å². The lowest BCUT2D eigenvalue weighted by atomic mass is 10.2. The number of hydrogen-bond donors (Lipinski definition) is 2. The largest absolute Gasteiger partial charge is 0.396 e. The highest BCUT2D eigenvalue weighted by Gasteiger charge is 2.11. The van der Waals surface area contributed by atoms with E-state index in [9.17, 15) is 0 Å². The number of aliphatic hydroxyl groups is 1. The van der Waals surface area contributed by atoms with E-state index in [1.807, 2.05) is 13.8 Å². The van der Waals surface area contributed by atoms with Crippen molar-refractivity contribution < 1.29 is 5.11 Å². The molecule has 74 valence electrons. The zero-order valence-corrected chi connectivity index (χ0v) is 8.06. The summed E-state index contributed by atoms with van der Waals surface area (Å²) < 4.78 is 1.80. The summed E-state index contributed by atoms with van der Waals surface area (Å²) in [7, 11) is 0. The van der Waals surface area contributed by atoms with Crippen LogP contribution in [0.3, 0.4) is 0 Å². The molecule has 1 aromatic rings. The number of nitrogens with zero attached hydrogens (tertiary/aromatic N) is 3. The van der Waals surface area contributed by atoms with Gasteiger partial charge in [-0.05, 0) is 20.3 Å². The van der Waals surface area contributed by atoms with E-state index in [1.54, 1.807) is 4.68 Å². The second-order valence-electron chi connectivity index (χ2n) is 3.13. The zero-order chi connectivity index (χ0) is 9.84. The molecule has 0 saturated carbocycles. The van der Waals surface area contributed by atoms with Crippen molar-refractivity contribution in [2.45, 2.75) is 32.9 Å². The first-order valence-corrected chi connectivity index (χ1v) is 4.42. The molecule has 0 aliphatic carbocycles. The van der Waals surface area contributed by atoms with E-state index in [-0.39, 0.29) is 12.6 Å². The smallest absolute Gasteiger partial charge is 0.0991 e. The predicted octanol–water partition coefficient (Wildman–Crippen LogP) is -0.0114. The first-order chi connectivity index (χ1) is 6.20. The minimum absolute atomic E-state index is 0.165. The monoisotopic (exact) mass is 184 g/mol. The molecule has 0 aromatic carbocycles. The van der Waals surface area contributed by atoms with Crippen LogP contribution < -0.4 is 5.73 Å². The summed E-state index contributed by atoms with van der Waals surface area (Å²) in [5.41, 5.74) is 7.29. The minimum Gasteiger partial charge on any atom is -0.396 e. The molecule has 1 unspecified atom stereocenters. The minimum atomic E-state index is 0.165. The lowest BCUT2D eigenvalue weighted by molar-refractivity contribution is 0.255. The van der Waals surface area contributed by atoms with Crippen LogP contribution in [-0.4, -0.2) is 26.7 Å². The maximum absolute atomic E-state index is 8.77. The number of aromatic nitrogens is 3.